The van der Waals surface area contributed by atoms with Crippen LogP contribution in [0.25, 0.3) is 10.8 Å². The van der Waals surface area contributed by atoms with Crippen LogP contribution in [0.3, 0.4) is 0 Å². The summed E-state index contributed by atoms with van der Waals surface area (Å²) in [5, 5.41) is 14.9. The number of aryl methyl sites for hydroxylation is 1. The maximum absolute atomic E-state index is 13.6. The van der Waals surface area contributed by atoms with Crippen LogP contribution in [0.2, 0.25) is 0 Å². The molecular formula is C27H28F3NO2. The molecule has 1 saturated carbocycles. The highest BCUT2D eigenvalue weighted by molar-refractivity contribution is 5.86. The van der Waals surface area contributed by atoms with Gasteiger partial charge in [0.15, 0.2) is 0 Å². The van der Waals surface area contributed by atoms with E-state index in [4.69, 9.17) is 5.11 Å². The lowest BCUT2D eigenvalue weighted by Gasteiger charge is -2.22. The van der Waals surface area contributed by atoms with Gasteiger partial charge < -0.3 is 10.4 Å². The summed E-state index contributed by atoms with van der Waals surface area (Å²) >= 11 is 0. The van der Waals surface area contributed by atoms with Gasteiger partial charge in [0.25, 0.3) is 0 Å². The number of nitrogens with one attached hydrogen (secondary N) is 1. The molecule has 1 aliphatic rings. The maximum atomic E-state index is 13.6. The van der Waals surface area contributed by atoms with E-state index < -0.39 is 17.7 Å². The second-order valence-corrected chi connectivity index (χ2v) is 8.97. The molecule has 0 bridgehead atoms. The number of rotatable bonds is 7. The summed E-state index contributed by atoms with van der Waals surface area (Å²) in [7, 11) is 0. The Morgan fingerprint density at radius 3 is 2.61 bits per heavy atom. The summed E-state index contributed by atoms with van der Waals surface area (Å²) in [6, 6.07) is 19.3. The predicted octanol–water partition coefficient (Wildman–Crippen LogP) is 6.86. The van der Waals surface area contributed by atoms with E-state index in [1.54, 1.807) is 6.07 Å². The Morgan fingerprint density at radius 1 is 1.09 bits per heavy atom. The molecule has 1 aliphatic carbocycles. The van der Waals surface area contributed by atoms with Crippen LogP contribution in [0, 0.1) is 0 Å². The van der Waals surface area contributed by atoms with Crippen molar-refractivity contribution in [2.75, 3.05) is 0 Å². The van der Waals surface area contributed by atoms with Gasteiger partial charge in [0.1, 0.15) is 0 Å². The summed E-state index contributed by atoms with van der Waals surface area (Å²) in [6.07, 6.45) is -2.43. The zero-order chi connectivity index (χ0) is 23.6. The van der Waals surface area contributed by atoms with Crippen LogP contribution in [0.5, 0.6) is 0 Å². The van der Waals surface area contributed by atoms with Crippen molar-refractivity contribution in [1.82, 2.24) is 5.32 Å². The van der Waals surface area contributed by atoms with E-state index in [0.717, 1.165) is 19.3 Å². The molecule has 3 aromatic rings. The molecule has 33 heavy (non-hydrogen) atoms. The van der Waals surface area contributed by atoms with Gasteiger partial charge in [0.2, 0.25) is 0 Å². The number of carbonyl (C=O) groups is 1. The molecule has 0 amide bonds. The van der Waals surface area contributed by atoms with Gasteiger partial charge in [-0.1, -0.05) is 54.6 Å². The lowest BCUT2D eigenvalue weighted by molar-refractivity contribution is -0.140. The highest BCUT2D eigenvalue weighted by Gasteiger charge is 2.35. The average Bonchev–Trinajstić information content (AvgIpc) is 3.25. The van der Waals surface area contributed by atoms with E-state index in [2.05, 4.69) is 42.6 Å². The number of alkyl halides is 3. The Bertz CT molecular complexity index is 1140. The summed E-state index contributed by atoms with van der Waals surface area (Å²) in [5.74, 6) is -1.05. The van der Waals surface area contributed by atoms with E-state index in [1.165, 1.54) is 28.5 Å². The summed E-state index contributed by atoms with van der Waals surface area (Å²) in [6.45, 7) is 2.13. The molecule has 0 aromatic heterocycles. The van der Waals surface area contributed by atoms with Crippen LogP contribution < -0.4 is 5.32 Å². The highest BCUT2D eigenvalue weighted by atomic mass is 19.4. The second kappa shape index (κ2) is 9.56. The van der Waals surface area contributed by atoms with Crippen molar-refractivity contribution in [3.63, 3.8) is 0 Å². The van der Waals surface area contributed by atoms with Crippen molar-refractivity contribution >= 4 is 16.7 Å². The zero-order valence-corrected chi connectivity index (χ0v) is 18.5. The molecule has 0 unspecified atom stereocenters. The Kier molecular flexibility index (Phi) is 6.75. The van der Waals surface area contributed by atoms with Crippen LogP contribution in [-0.4, -0.2) is 17.1 Å². The van der Waals surface area contributed by atoms with Crippen LogP contribution in [-0.2, 0) is 17.4 Å². The van der Waals surface area contributed by atoms with Crippen LogP contribution in [0.15, 0.2) is 60.7 Å². The number of hydrogen-bond acceptors (Lipinski definition) is 2. The van der Waals surface area contributed by atoms with Gasteiger partial charge in [-0.05, 0) is 72.1 Å². The first-order valence-electron chi connectivity index (χ1n) is 11.4. The second-order valence-electron chi connectivity index (χ2n) is 8.97. The van der Waals surface area contributed by atoms with E-state index in [1.807, 2.05) is 12.1 Å². The van der Waals surface area contributed by atoms with Gasteiger partial charge in [-0.15, -0.1) is 0 Å². The minimum atomic E-state index is -4.50. The fourth-order valence-electron chi connectivity index (χ4n) is 5.08. The molecular weight excluding hydrogens is 427 g/mol. The third kappa shape index (κ3) is 5.38. The van der Waals surface area contributed by atoms with Crippen molar-refractivity contribution in [3.8, 4) is 0 Å². The largest absolute Gasteiger partial charge is 0.481 e. The molecule has 3 atom stereocenters. The molecule has 174 valence electrons. The minimum Gasteiger partial charge on any atom is -0.481 e. The van der Waals surface area contributed by atoms with Crippen LogP contribution >= 0.6 is 0 Å². The van der Waals surface area contributed by atoms with E-state index in [-0.39, 0.29) is 36.4 Å². The van der Waals surface area contributed by atoms with Gasteiger partial charge in [-0.2, -0.15) is 13.2 Å². The van der Waals surface area contributed by atoms with E-state index >= 15 is 0 Å². The fourth-order valence-corrected chi connectivity index (χ4v) is 5.08. The molecule has 2 N–H and O–H groups in total. The van der Waals surface area contributed by atoms with Crippen molar-refractivity contribution in [2.45, 2.75) is 63.2 Å². The summed E-state index contributed by atoms with van der Waals surface area (Å²) in [4.78, 5) is 10.8. The lowest BCUT2D eigenvalue weighted by Crippen LogP contribution is -2.29. The fraction of sp³-hybridized carbons (Fsp3) is 0.370. The third-order valence-electron chi connectivity index (χ3n) is 6.73. The summed E-state index contributed by atoms with van der Waals surface area (Å²) in [5.41, 5.74) is 1.25. The SMILES string of the molecule is C[C@@H](N[C@@H]1CC[C@@H](c2ccc(CCC(=O)O)c(C(F)(F)F)c2)C1)c1cccc2ccccc12. The van der Waals surface area contributed by atoms with Gasteiger partial charge in [-0.3, -0.25) is 4.79 Å². The molecule has 0 saturated heterocycles. The zero-order valence-electron chi connectivity index (χ0n) is 18.5. The first-order valence-corrected chi connectivity index (χ1v) is 11.4. The molecule has 0 aliphatic heterocycles. The van der Waals surface area contributed by atoms with Crippen molar-refractivity contribution < 1.29 is 23.1 Å². The van der Waals surface area contributed by atoms with Crippen LogP contribution in [0.4, 0.5) is 13.2 Å². The molecule has 0 radical (unpaired) electrons. The first-order chi connectivity index (χ1) is 15.7. The van der Waals surface area contributed by atoms with Gasteiger partial charge in [-0.25, -0.2) is 0 Å². The van der Waals surface area contributed by atoms with Crippen molar-refractivity contribution in [2.24, 2.45) is 0 Å². The standard InChI is InChI=1S/C27H28F3NO2/c1-17(23-8-4-6-18-5-2-3-7-24(18)23)31-22-13-11-20(15-22)21-10-9-19(12-14-26(32)33)25(16-21)27(28,29)30/h2-10,16-17,20,22,31H,11-15H2,1H3,(H,32,33)/t17-,20-,22-/m1/s1. The van der Waals surface area contributed by atoms with Crippen LogP contribution in [0.1, 0.15) is 66.8 Å². The van der Waals surface area contributed by atoms with Crippen molar-refractivity contribution in [1.29, 1.82) is 0 Å². The maximum Gasteiger partial charge on any atom is 0.416 e. The smallest absolute Gasteiger partial charge is 0.416 e. The van der Waals surface area contributed by atoms with E-state index in [9.17, 15) is 18.0 Å². The number of benzene rings is 3. The molecule has 1 fully saturated rings. The predicted molar refractivity (Wildman–Crippen MR) is 123 cm³/mol. The molecule has 0 heterocycles. The van der Waals surface area contributed by atoms with Gasteiger partial charge in [0, 0.05) is 18.5 Å². The Hall–Kier alpha value is -2.86. The van der Waals surface area contributed by atoms with E-state index in [0.29, 0.717) is 5.56 Å². The number of aliphatic carboxylic acids is 1. The number of carboxylic acids is 1. The topological polar surface area (TPSA) is 49.3 Å². The molecule has 6 heteroatoms. The van der Waals surface area contributed by atoms with Crippen molar-refractivity contribution in [3.05, 3.63) is 82.9 Å². The Balaban J connectivity index is 1.47. The quantitative estimate of drug-likeness (QED) is 0.409. The monoisotopic (exact) mass is 455 g/mol. The average molecular weight is 456 g/mol. The molecule has 3 nitrogen and oxygen atoms in total. The van der Waals surface area contributed by atoms with Gasteiger partial charge in [0.05, 0.1) is 5.56 Å². The van der Waals surface area contributed by atoms with Gasteiger partial charge >= 0.3 is 12.1 Å². The number of carboxylic acid groups (broad SMARTS) is 1. The molecule has 3 aromatic carbocycles. The Morgan fingerprint density at radius 2 is 1.85 bits per heavy atom. The molecule has 4 rings (SSSR count). The number of halogens is 3. The first kappa shape index (κ1) is 23.3. The summed E-state index contributed by atoms with van der Waals surface area (Å²) < 4.78 is 40.9. The normalized spacial score (nSPS) is 19.6. The number of fused-ring (bicyclic) bond motifs is 1. The lowest BCUT2D eigenvalue weighted by atomic mass is 9.92. The molecule has 0 spiro atoms. The number of hydrogen-bond donors (Lipinski definition) is 2. The minimum absolute atomic E-state index is 0.0471. The Labute approximate surface area is 191 Å². The third-order valence-corrected chi connectivity index (χ3v) is 6.73. The highest BCUT2D eigenvalue weighted by Crippen LogP contribution is 2.40.